The SMILES string of the molecule is Cc1cccc2[nH]cc(CC(=O)N[C@H](C(=O)O)C(C)C)c12. The Labute approximate surface area is 123 Å². The maximum absolute atomic E-state index is 12.1. The van der Waals surface area contributed by atoms with E-state index < -0.39 is 12.0 Å². The Morgan fingerprint density at radius 2 is 2.05 bits per heavy atom. The molecule has 0 bridgehead atoms. The van der Waals surface area contributed by atoms with Crippen molar-refractivity contribution in [1.82, 2.24) is 10.3 Å². The normalized spacial score (nSPS) is 12.6. The van der Waals surface area contributed by atoms with E-state index in [0.29, 0.717) is 0 Å². The number of hydrogen-bond donors (Lipinski definition) is 3. The van der Waals surface area contributed by atoms with E-state index in [0.717, 1.165) is 22.0 Å². The molecule has 0 aliphatic heterocycles. The number of hydrogen-bond acceptors (Lipinski definition) is 2. The van der Waals surface area contributed by atoms with Crippen LogP contribution in [0.25, 0.3) is 10.9 Å². The van der Waals surface area contributed by atoms with Gasteiger partial charge >= 0.3 is 5.97 Å². The Hall–Kier alpha value is -2.30. The minimum Gasteiger partial charge on any atom is -0.480 e. The van der Waals surface area contributed by atoms with Crippen molar-refractivity contribution in [1.29, 1.82) is 0 Å². The number of aromatic nitrogens is 1. The van der Waals surface area contributed by atoms with E-state index in [1.807, 2.05) is 31.3 Å². The molecule has 0 aliphatic carbocycles. The lowest BCUT2D eigenvalue weighted by Crippen LogP contribution is -2.44. The lowest BCUT2D eigenvalue weighted by Gasteiger charge is -2.17. The Morgan fingerprint density at radius 1 is 1.33 bits per heavy atom. The number of carboxylic acid groups (broad SMARTS) is 1. The van der Waals surface area contributed by atoms with Gasteiger partial charge in [-0.1, -0.05) is 26.0 Å². The summed E-state index contributed by atoms with van der Waals surface area (Å²) in [6.45, 7) is 5.54. The number of aromatic amines is 1. The van der Waals surface area contributed by atoms with Crippen LogP contribution in [0.15, 0.2) is 24.4 Å². The molecule has 2 aromatic rings. The third kappa shape index (κ3) is 3.24. The molecule has 112 valence electrons. The third-order valence-corrected chi connectivity index (χ3v) is 3.60. The molecule has 1 aromatic carbocycles. The Morgan fingerprint density at radius 3 is 2.67 bits per heavy atom. The summed E-state index contributed by atoms with van der Waals surface area (Å²) in [5.41, 5.74) is 2.96. The topological polar surface area (TPSA) is 82.2 Å². The fourth-order valence-corrected chi connectivity index (χ4v) is 2.50. The molecule has 21 heavy (non-hydrogen) atoms. The van der Waals surface area contributed by atoms with Crippen LogP contribution in [0.1, 0.15) is 25.0 Å². The molecular weight excluding hydrogens is 268 g/mol. The first-order valence-corrected chi connectivity index (χ1v) is 6.98. The summed E-state index contributed by atoms with van der Waals surface area (Å²) in [5.74, 6) is -1.44. The van der Waals surface area contributed by atoms with Gasteiger partial charge in [-0.25, -0.2) is 4.79 Å². The highest BCUT2D eigenvalue weighted by molar-refractivity contribution is 5.92. The van der Waals surface area contributed by atoms with Crippen molar-refractivity contribution in [2.45, 2.75) is 33.2 Å². The summed E-state index contributed by atoms with van der Waals surface area (Å²) in [6.07, 6.45) is 1.98. The second-order valence-electron chi connectivity index (χ2n) is 5.62. The van der Waals surface area contributed by atoms with Crippen LogP contribution in [0.2, 0.25) is 0 Å². The zero-order chi connectivity index (χ0) is 15.6. The highest BCUT2D eigenvalue weighted by Crippen LogP contribution is 2.22. The van der Waals surface area contributed by atoms with Crippen LogP contribution in [-0.4, -0.2) is 28.0 Å². The zero-order valence-electron chi connectivity index (χ0n) is 12.4. The molecule has 0 radical (unpaired) electrons. The predicted octanol–water partition coefficient (Wildman–Crippen LogP) is 2.24. The zero-order valence-corrected chi connectivity index (χ0v) is 12.4. The van der Waals surface area contributed by atoms with Gasteiger partial charge in [-0.2, -0.15) is 0 Å². The molecule has 1 amide bonds. The molecule has 5 nitrogen and oxygen atoms in total. The molecule has 0 saturated heterocycles. The van der Waals surface area contributed by atoms with Crippen molar-refractivity contribution >= 4 is 22.8 Å². The molecule has 0 spiro atoms. The number of nitrogens with one attached hydrogen (secondary N) is 2. The van der Waals surface area contributed by atoms with Crippen molar-refractivity contribution in [3.8, 4) is 0 Å². The Bertz CT molecular complexity index is 673. The molecule has 2 rings (SSSR count). The number of carbonyl (C=O) groups excluding carboxylic acids is 1. The number of H-pyrrole nitrogens is 1. The van der Waals surface area contributed by atoms with Crippen LogP contribution in [0.5, 0.6) is 0 Å². The predicted molar refractivity (Wildman–Crippen MR) is 81.1 cm³/mol. The Balaban J connectivity index is 2.17. The highest BCUT2D eigenvalue weighted by atomic mass is 16.4. The maximum atomic E-state index is 12.1. The molecule has 1 aromatic heterocycles. The number of fused-ring (bicyclic) bond motifs is 1. The maximum Gasteiger partial charge on any atom is 0.326 e. The van der Waals surface area contributed by atoms with Gasteiger partial charge in [0.15, 0.2) is 0 Å². The summed E-state index contributed by atoms with van der Waals surface area (Å²) in [7, 11) is 0. The smallest absolute Gasteiger partial charge is 0.326 e. The van der Waals surface area contributed by atoms with Crippen LogP contribution in [0.4, 0.5) is 0 Å². The number of amides is 1. The average Bonchev–Trinajstić information content (AvgIpc) is 2.80. The van der Waals surface area contributed by atoms with Crippen molar-refractivity contribution in [2.24, 2.45) is 5.92 Å². The first-order valence-electron chi connectivity index (χ1n) is 6.98. The lowest BCUT2D eigenvalue weighted by atomic mass is 10.0. The second kappa shape index (κ2) is 5.99. The average molecular weight is 288 g/mol. The van der Waals surface area contributed by atoms with Gasteiger partial charge in [-0.15, -0.1) is 0 Å². The van der Waals surface area contributed by atoms with Gasteiger partial charge in [0.1, 0.15) is 6.04 Å². The second-order valence-corrected chi connectivity index (χ2v) is 5.62. The van der Waals surface area contributed by atoms with Gasteiger partial charge in [-0.3, -0.25) is 4.79 Å². The molecule has 3 N–H and O–H groups in total. The van der Waals surface area contributed by atoms with E-state index >= 15 is 0 Å². The number of carboxylic acids is 1. The Kier molecular flexibility index (Phi) is 4.31. The van der Waals surface area contributed by atoms with Gasteiger partial charge < -0.3 is 15.4 Å². The molecular formula is C16H20N2O3. The van der Waals surface area contributed by atoms with E-state index in [2.05, 4.69) is 10.3 Å². The molecule has 1 atom stereocenters. The molecule has 0 unspecified atom stereocenters. The van der Waals surface area contributed by atoms with Gasteiger partial charge in [0.05, 0.1) is 6.42 Å². The van der Waals surface area contributed by atoms with Crippen LogP contribution < -0.4 is 5.32 Å². The molecule has 0 saturated carbocycles. The van der Waals surface area contributed by atoms with E-state index in [-0.39, 0.29) is 18.2 Å². The summed E-state index contributed by atoms with van der Waals surface area (Å²) >= 11 is 0. The molecule has 5 heteroatoms. The minimum atomic E-state index is -1.01. The lowest BCUT2D eigenvalue weighted by molar-refractivity contribution is -0.143. The van der Waals surface area contributed by atoms with E-state index in [4.69, 9.17) is 5.11 Å². The summed E-state index contributed by atoms with van der Waals surface area (Å²) < 4.78 is 0. The standard InChI is InChI=1S/C16H20N2O3/c1-9(2)15(16(20)21)18-13(19)7-11-8-17-12-6-4-5-10(3)14(11)12/h4-6,8-9,15,17H,7H2,1-3H3,(H,18,19)(H,20,21)/t15-/m0/s1. The minimum absolute atomic E-state index is 0.156. The number of rotatable bonds is 5. The van der Waals surface area contributed by atoms with Gasteiger partial charge in [-0.05, 0) is 30.0 Å². The monoisotopic (exact) mass is 288 g/mol. The van der Waals surface area contributed by atoms with Gasteiger partial charge in [0.25, 0.3) is 0 Å². The van der Waals surface area contributed by atoms with Crippen LogP contribution in [0, 0.1) is 12.8 Å². The van der Waals surface area contributed by atoms with Crippen molar-refractivity contribution in [3.05, 3.63) is 35.5 Å². The fraction of sp³-hybridized carbons (Fsp3) is 0.375. The number of carbonyl (C=O) groups is 2. The van der Waals surface area contributed by atoms with Crippen LogP contribution >= 0.6 is 0 Å². The van der Waals surface area contributed by atoms with Gasteiger partial charge in [0, 0.05) is 17.1 Å². The third-order valence-electron chi connectivity index (χ3n) is 3.60. The first-order chi connectivity index (χ1) is 9.90. The van der Waals surface area contributed by atoms with E-state index in [9.17, 15) is 9.59 Å². The fourth-order valence-electron chi connectivity index (χ4n) is 2.50. The van der Waals surface area contributed by atoms with Crippen LogP contribution in [-0.2, 0) is 16.0 Å². The summed E-state index contributed by atoms with van der Waals surface area (Å²) in [5, 5.41) is 12.7. The van der Waals surface area contributed by atoms with Crippen molar-refractivity contribution in [2.75, 3.05) is 0 Å². The van der Waals surface area contributed by atoms with E-state index in [1.54, 1.807) is 13.8 Å². The quantitative estimate of drug-likeness (QED) is 0.789. The van der Waals surface area contributed by atoms with Gasteiger partial charge in [0.2, 0.25) is 5.91 Å². The summed E-state index contributed by atoms with van der Waals surface area (Å²) in [6, 6.07) is 5.05. The molecule has 0 fully saturated rings. The van der Waals surface area contributed by atoms with Crippen molar-refractivity contribution in [3.63, 3.8) is 0 Å². The van der Waals surface area contributed by atoms with E-state index in [1.165, 1.54) is 0 Å². The molecule has 1 heterocycles. The largest absolute Gasteiger partial charge is 0.480 e. The summed E-state index contributed by atoms with van der Waals surface area (Å²) in [4.78, 5) is 26.4. The van der Waals surface area contributed by atoms with Crippen molar-refractivity contribution < 1.29 is 14.7 Å². The number of aryl methyl sites for hydroxylation is 1. The first kappa shape index (κ1) is 15.1. The number of aliphatic carboxylic acids is 1. The van der Waals surface area contributed by atoms with Crippen LogP contribution in [0.3, 0.4) is 0 Å². The highest BCUT2D eigenvalue weighted by Gasteiger charge is 2.23. The molecule has 0 aliphatic rings. The number of benzene rings is 1.